The summed E-state index contributed by atoms with van der Waals surface area (Å²) >= 11 is 0. The maximum Gasteiger partial charge on any atom is 0.295 e. The van der Waals surface area contributed by atoms with Crippen LogP contribution < -0.4 is 0 Å². The number of carbonyl (C=O) groups is 2. The number of ketones is 1. The molecule has 4 heterocycles. The molecule has 180 valence electrons. The van der Waals surface area contributed by atoms with Gasteiger partial charge in [0.25, 0.3) is 11.7 Å². The highest BCUT2D eigenvalue weighted by atomic mass is 16.5. The molecular formula is C26H27N5O4. The van der Waals surface area contributed by atoms with E-state index in [2.05, 4.69) is 15.0 Å². The van der Waals surface area contributed by atoms with E-state index in [1.807, 2.05) is 37.3 Å². The highest BCUT2D eigenvalue weighted by Gasteiger charge is 2.46. The molecule has 0 bridgehead atoms. The summed E-state index contributed by atoms with van der Waals surface area (Å²) < 4.78 is 7.11. The number of hydrogen-bond acceptors (Lipinski definition) is 7. The number of aromatic nitrogens is 3. The number of morpholine rings is 1. The van der Waals surface area contributed by atoms with Gasteiger partial charge in [-0.1, -0.05) is 18.2 Å². The number of para-hydroxylation sites is 1. The summed E-state index contributed by atoms with van der Waals surface area (Å²) in [7, 11) is 0. The minimum Gasteiger partial charge on any atom is -0.507 e. The summed E-state index contributed by atoms with van der Waals surface area (Å²) in [6, 6.07) is 12.4. The molecule has 2 aliphatic heterocycles. The van der Waals surface area contributed by atoms with Crippen molar-refractivity contribution < 1.29 is 19.4 Å². The van der Waals surface area contributed by atoms with Gasteiger partial charge in [-0.2, -0.15) is 5.10 Å². The molecule has 0 saturated carbocycles. The second-order valence-electron chi connectivity index (χ2n) is 8.62. The van der Waals surface area contributed by atoms with Crippen LogP contribution in [0, 0.1) is 6.92 Å². The minimum absolute atomic E-state index is 0.0684. The molecule has 1 atom stereocenters. The number of hydrogen-bond donors (Lipinski definition) is 1. The lowest BCUT2D eigenvalue weighted by atomic mass is 9.96. The first kappa shape index (κ1) is 22.9. The molecule has 1 amide bonds. The first-order chi connectivity index (χ1) is 17.1. The number of benzene rings is 1. The largest absolute Gasteiger partial charge is 0.507 e. The third-order valence-electron chi connectivity index (χ3n) is 6.59. The number of amides is 1. The molecule has 2 saturated heterocycles. The van der Waals surface area contributed by atoms with Crippen LogP contribution in [0.15, 0.2) is 66.6 Å². The zero-order valence-electron chi connectivity index (χ0n) is 19.5. The van der Waals surface area contributed by atoms with Gasteiger partial charge in [0, 0.05) is 38.6 Å². The fraction of sp³-hybridized carbons (Fsp3) is 0.308. The average molecular weight is 474 g/mol. The Kier molecular flexibility index (Phi) is 6.43. The molecular weight excluding hydrogens is 446 g/mol. The summed E-state index contributed by atoms with van der Waals surface area (Å²) in [4.78, 5) is 34.3. The number of likely N-dealkylation sites (tertiary alicyclic amines) is 1. The summed E-state index contributed by atoms with van der Waals surface area (Å²) in [5.41, 5.74) is 2.70. The molecule has 2 aromatic heterocycles. The predicted molar refractivity (Wildman–Crippen MR) is 129 cm³/mol. The predicted octanol–water partition coefficient (Wildman–Crippen LogP) is 2.33. The molecule has 2 aliphatic rings. The van der Waals surface area contributed by atoms with Crippen molar-refractivity contribution in [2.24, 2.45) is 0 Å². The Balaban J connectivity index is 1.54. The van der Waals surface area contributed by atoms with E-state index in [0.717, 1.165) is 24.3 Å². The number of Topliss-reactive ketones (excluding diaryl/α,β-unsaturated/α-hetero) is 1. The van der Waals surface area contributed by atoms with E-state index in [9.17, 15) is 14.7 Å². The molecule has 0 aliphatic carbocycles. The van der Waals surface area contributed by atoms with Gasteiger partial charge in [-0.3, -0.25) is 19.5 Å². The Morgan fingerprint density at radius 2 is 1.77 bits per heavy atom. The van der Waals surface area contributed by atoms with Gasteiger partial charge in [0.05, 0.1) is 48.0 Å². The molecule has 5 rings (SSSR count). The van der Waals surface area contributed by atoms with Gasteiger partial charge in [-0.25, -0.2) is 4.68 Å². The lowest BCUT2D eigenvalue weighted by Gasteiger charge is -2.30. The van der Waals surface area contributed by atoms with Gasteiger partial charge in [-0.05, 0) is 36.8 Å². The number of ether oxygens (including phenoxy) is 1. The summed E-state index contributed by atoms with van der Waals surface area (Å²) in [6.07, 6.45) is 4.77. The van der Waals surface area contributed by atoms with Crippen LogP contribution in [-0.4, -0.2) is 80.8 Å². The number of aliphatic hydroxyl groups excluding tert-OH is 1. The van der Waals surface area contributed by atoms with Crippen LogP contribution >= 0.6 is 0 Å². The number of rotatable bonds is 6. The number of aliphatic hydroxyl groups is 1. The van der Waals surface area contributed by atoms with Crippen molar-refractivity contribution in [3.63, 3.8) is 0 Å². The highest BCUT2D eigenvalue weighted by molar-refractivity contribution is 6.46. The third kappa shape index (κ3) is 4.36. The smallest absolute Gasteiger partial charge is 0.295 e. The van der Waals surface area contributed by atoms with E-state index in [-0.39, 0.29) is 11.3 Å². The van der Waals surface area contributed by atoms with E-state index in [4.69, 9.17) is 4.74 Å². The van der Waals surface area contributed by atoms with Crippen molar-refractivity contribution in [1.82, 2.24) is 24.6 Å². The first-order valence-corrected chi connectivity index (χ1v) is 11.6. The minimum atomic E-state index is -0.710. The monoisotopic (exact) mass is 473 g/mol. The maximum atomic E-state index is 13.3. The van der Waals surface area contributed by atoms with Crippen LogP contribution in [0.1, 0.15) is 22.9 Å². The Bertz CT molecular complexity index is 1250. The van der Waals surface area contributed by atoms with E-state index in [1.165, 1.54) is 6.20 Å². The third-order valence-corrected chi connectivity index (χ3v) is 6.59. The summed E-state index contributed by atoms with van der Waals surface area (Å²) in [5, 5.41) is 15.8. The van der Waals surface area contributed by atoms with Crippen LogP contribution in [0.4, 0.5) is 0 Å². The maximum absolute atomic E-state index is 13.3. The zero-order valence-corrected chi connectivity index (χ0v) is 19.5. The van der Waals surface area contributed by atoms with E-state index in [1.54, 1.807) is 34.1 Å². The second-order valence-corrected chi connectivity index (χ2v) is 8.62. The Morgan fingerprint density at radius 1 is 1.06 bits per heavy atom. The molecule has 2 fully saturated rings. The van der Waals surface area contributed by atoms with Gasteiger partial charge in [0.2, 0.25) is 0 Å². The Hall–Kier alpha value is -3.82. The molecule has 9 heteroatoms. The molecule has 9 nitrogen and oxygen atoms in total. The first-order valence-electron chi connectivity index (χ1n) is 11.6. The van der Waals surface area contributed by atoms with Gasteiger partial charge >= 0.3 is 0 Å². The average Bonchev–Trinajstić information content (AvgIpc) is 3.41. The van der Waals surface area contributed by atoms with Crippen LogP contribution in [0.5, 0.6) is 0 Å². The standard InChI is InChI=1S/C26H27N5O4/c1-18-21(17-28-31(18)20-5-3-2-4-6-20)24(32)22-23(19-7-9-27-10-8-19)30(26(34)25(22)33)12-11-29-13-15-35-16-14-29/h2-10,17,23,32H,11-16H2,1H3/t23-/m1/s1. The van der Waals surface area contributed by atoms with Crippen molar-refractivity contribution >= 4 is 17.4 Å². The second kappa shape index (κ2) is 9.81. The van der Waals surface area contributed by atoms with Crippen LogP contribution in [0.3, 0.4) is 0 Å². The van der Waals surface area contributed by atoms with Gasteiger partial charge in [0.15, 0.2) is 0 Å². The van der Waals surface area contributed by atoms with Crippen LogP contribution in [0.25, 0.3) is 11.4 Å². The van der Waals surface area contributed by atoms with Crippen LogP contribution in [-0.2, 0) is 14.3 Å². The normalized spacial score (nSPS) is 20.5. The van der Waals surface area contributed by atoms with Gasteiger partial charge < -0.3 is 14.7 Å². The molecule has 35 heavy (non-hydrogen) atoms. The fourth-order valence-corrected chi connectivity index (χ4v) is 4.69. The van der Waals surface area contributed by atoms with Crippen LogP contribution in [0.2, 0.25) is 0 Å². The molecule has 1 aromatic carbocycles. The Morgan fingerprint density at radius 3 is 2.49 bits per heavy atom. The van der Waals surface area contributed by atoms with E-state index in [0.29, 0.717) is 37.6 Å². The summed E-state index contributed by atoms with van der Waals surface area (Å²) in [6.45, 7) is 5.66. The van der Waals surface area contributed by atoms with Crippen molar-refractivity contribution in [3.05, 3.63) is 83.4 Å². The number of carbonyl (C=O) groups excluding carboxylic acids is 2. The lowest BCUT2D eigenvalue weighted by Crippen LogP contribution is -2.42. The molecule has 0 radical (unpaired) electrons. The molecule has 1 N–H and O–H groups in total. The van der Waals surface area contributed by atoms with Gasteiger partial charge in [0.1, 0.15) is 5.76 Å². The van der Waals surface area contributed by atoms with Crippen molar-refractivity contribution in [2.45, 2.75) is 13.0 Å². The number of nitrogens with zero attached hydrogens (tertiary/aromatic N) is 5. The zero-order chi connectivity index (χ0) is 24.4. The molecule has 0 unspecified atom stereocenters. The van der Waals surface area contributed by atoms with Crippen molar-refractivity contribution in [1.29, 1.82) is 0 Å². The topological polar surface area (TPSA) is 101 Å². The summed E-state index contributed by atoms with van der Waals surface area (Å²) in [5.74, 6) is -1.54. The fourth-order valence-electron chi connectivity index (χ4n) is 4.69. The lowest BCUT2D eigenvalue weighted by molar-refractivity contribution is -0.140. The van der Waals surface area contributed by atoms with Crippen molar-refractivity contribution in [3.8, 4) is 5.69 Å². The van der Waals surface area contributed by atoms with Gasteiger partial charge in [-0.15, -0.1) is 0 Å². The SMILES string of the molecule is Cc1c(C(O)=C2C(=O)C(=O)N(CCN3CCOCC3)[C@@H]2c2ccncc2)cnn1-c1ccccc1. The van der Waals surface area contributed by atoms with E-state index >= 15 is 0 Å². The van der Waals surface area contributed by atoms with E-state index < -0.39 is 17.7 Å². The Labute approximate surface area is 203 Å². The molecule has 0 spiro atoms. The van der Waals surface area contributed by atoms with Crippen molar-refractivity contribution in [2.75, 3.05) is 39.4 Å². The highest BCUT2D eigenvalue weighted by Crippen LogP contribution is 2.39. The quantitative estimate of drug-likeness (QED) is 0.333. The number of pyridine rings is 1. The molecule has 3 aromatic rings.